The van der Waals surface area contributed by atoms with E-state index in [1.165, 1.54) is 30.5 Å². The summed E-state index contributed by atoms with van der Waals surface area (Å²) < 4.78 is 24.5. The zero-order valence-electron chi connectivity index (χ0n) is 19.9. The Bertz CT molecular complexity index is 1190. The van der Waals surface area contributed by atoms with E-state index >= 15 is 0 Å². The summed E-state index contributed by atoms with van der Waals surface area (Å²) in [6.07, 6.45) is 3.86. The van der Waals surface area contributed by atoms with Gasteiger partial charge in [0.05, 0.1) is 30.9 Å². The molecule has 2 aliphatic heterocycles. The molecule has 37 heavy (non-hydrogen) atoms. The van der Waals surface area contributed by atoms with Gasteiger partial charge in [0.15, 0.2) is 6.10 Å². The Balaban J connectivity index is 1.12. The fourth-order valence-corrected chi connectivity index (χ4v) is 4.18. The van der Waals surface area contributed by atoms with Crippen LogP contribution in [0.2, 0.25) is 0 Å². The Labute approximate surface area is 212 Å². The summed E-state index contributed by atoms with van der Waals surface area (Å²) in [4.78, 5) is 29.4. The maximum absolute atomic E-state index is 13.0. The summed E-state index contributed by atoms with van der Waals surface area (Å²) in [6, 6.07) is 8.89. The first-order valence-corrected chi connectivity index (χ1v) is 12.0. The molecule has 2 fully saturated rings. The van der Waals surface area contributed by atoms with Crippen molar-refractivity contribution in [1.82, 2.24) is 20.3 Å². The molecule has 0 bridgehead atoms. The zero-order chi connectivity index (χ0) is 25.8. The summed E-state index contributed by atoms with van der Waals surface area (Å²) in [5.74, 6) is 1.23. The van der Waals surface area contributed by atoms with Crippen molar-refractivity contribution < 1.29 is 28.9 Å². The number of aliphatic hydroxyl groups is 2. The maximum Gasteiger partial charge on any atom is 0.268 e. The molecule has 3 N–H and O–H groups in total. The number of halogens is 1. The first kappa shape index (κ1) is 24.8. The summed E-state index contributed by atoms with van der Waals surface area (Å²) in [5.41, 5.74) is 0.586. The van der Waals surface area contributed by atoms with Crippen LogP contribution in [0.3, 0.4) is 0 Å². The highest BCUT2D eigenvalue weighted by Gasteiger charge is 2.36. The van der Waals surface area contributed by atoms with E-state index in [9.17, 15) is 14.3 Å². The number of nitrogens with one attached hydrogen (secondary N) is 1. The minimum Gasteiger partial charge on any atom is -0.479 e. The molecule has 2 saturated heterocycles. The third kappa shape index (κ3) is 5.77. The van der Waals surface area contributed by atoms with E-state index in [-0.39, 0.29) is 24.2 Å². The van der Waals surface area contributed by atoms with Crippen LogP contribution >= 0.6 is 0 Å². The average molecular weight is 511 g/mol. The van der Waals surface area contributed by atoms with Crippen LogP contribution in [0.25, 0.3) is 0 Å². The quantitative estimate of drug-likeness (QED) is 0.343. The summed E-state index contributed by atoms with van der Waals surface area (Å²) >= 11 is 0. The van der Waals surface area contributed by atoms with Crippen molar-refractivity contribution in [2.45, 2.75) is 18.8 Å². The second kappa shape index (κ2) is 11.0. The van der Waals surface area contributed by atoms with Crippen LogP contribution in [0.4, 0.5) is 16.0 Å². The number of ether oxygens (including phenoxy) is 2. The molecule has 1 amide bonds. The number of aromatic nitrogens is 3. The Kier molecular flexibility index (Phi) is 7.40. The van der Waals surface area contributed by atoms with Crippen molar-refractivity contribution >= 4 is 17.5 Å². The molecule has 0 saturated carbocycles. The summed E-state index contributed by atoms with van der Waals surface area (Å²) in [5, 5.41) is 21.7. The third-order valence-electron chi connectivity index (χ3n) is 6.22. The minimum atomic E-state index is -0.685. The predicted octanol–water partition coefficient (Wildman–Crippen LogP) is 1.32. The van der Waals surface area contributed by atoms with Gasteiger partial charge in [0, 0.05) is 44.6 Å². The van der Waals surface area contributed by atoms with Crippen molar-refractivity contribution in [2.75, 3.05) is 42.6 Å². The molecule has 0 radical (unpaired) electrons. The van der Waals surface area contributed by atoms with Crippen molar-refractivity contribution in [3.63, 3.8) is 0 Å². The standard InChI is InChI=1S/C25H27FN6O5/c26-17-1-3-19(4-2-17)37-22-6-5-20(13-28-22)36-21-7-9-32(24(21)35)18-11-29-25(30-12-18)31-14-16(15-31)23(34)27-8-10-33/h1-6,11-13,16,21,23,27,33-34H,7-10,14-15H2/t21-,23?/m1/s1. The van der Waals surface area contributed by atoms with Gasteiger partial charge in [0.1, 0.15) is 23.5 Å². The Morgan fingerprint density at radius 3 is 2.46 bits per heavy atom. The van der Waals surface area contributed by atoms with Crippen LogP contribution in [0, 0.1) is 11.7 Å². The smallest absolute Gasteiger partial charge is 0.268 e. The Morgan fingerprint density at radius 1 is 1.05 bits per heavy atom. The number of carbonyl (C=O) groups excluding carboxylic acids is 1. The second-order valence-corrected chi connectivity index (χ2v) is 8.80. The number of benzene rings is 1. The number of aliphatic hydroxyl groups excluding tert-OH is 2. The van der Waals surface area contributed by atoms with Gasteiger partial charge in [-0.25, -0.2) is 19.3 Å². The molecule has 5 rings (SSSR count). The molecule has 2 aliphatic rings. The first-order chi connectivity index (χ1) is 18.0. The van der Waals surface area contributed by atoms with Gasteiger partial charge in [-0.2, -0.15) is 0 Å². The predicted molar refractivity (Wildman–Crippen MR) is 131 cm³/mol. The molecule has 0 aliphatic carbocycles. The van der Waals surface area contributed by atoms with Crippen LogP contribution in [-0.4, -0.2) is 76.2 Å². The van der Waals surface area contributed by atoms with Gasteiger partial charge in [-0.05, 0) is 30.3 Å². The lowest BCUT2D eigenvalue weighted by atomic mass is 9.99. The molecule has 11 nitrogen and oxygen atoms in total. The molecule has 4 heterocycles. The molecule has 1 aromatic carbocycles. The third-order valence-corrected chi connectivity index (χ3v) is 6.22. The van der Waals surface area contributed by atoms with Crippen molar-refractivity contribution in [3.05, 3.63) is 60.8 Å². The van der Waals surface area contributed by atoms with E-state index in [0.29, 0.717) is 61.6 Å². The van der Waals surface area contributed by atoms with E-state index in [2.05, 4.69) is 20.3 Å². The van der Waals surface area contributed by atoms with Crippen LogP contribution < -0.4 is 24.6 Å². The Hall–Kier alpha value is -3.87. The van der Waals surface area contributed by atoms with Crippen LogP contribution in [-0.2, 0) is 4.79 Å². The van der Waals surface area contributed by atoms with Crippen LogP contribution in [0.15, 0.2) is 55.0 Å². The molecule has 12 heteroatoms. The monoisotopic (exact) mass is 510 g/mol. The van der Waals surface area contributed by atoms with Gasteiger partial charge < -0.3 is 29.5 Å². The number of carbonyl (C=O) groups is 1. The van der Waals surface area contributed by atoms with E-state index in [4.69, 9.17) is 14.6 Å². The van der Waals surface area contributed by atoms with Gasteiger partial charge >= 0.3 is 0 Å². The normalized spacial score (nSPS) is 18.6. The number of pyridine rings is 1. The maximum atomic E-state index is 13.0. The fourth-order valence-electron chi connectivity index (χ4n) is 4.18. The number of hydrogen-bond acceptors (Lipinski definition) is 10. The molecule has 0 spiro atoms. The minimum absolute atomic E-state index is 0.0316. The lowest BCUT2D eigenvalue weighted by Crippen LogP contribution is -2.56. The van der Waals surface area contributed by atoms with E-state index in [1.807, 2.05) is 4.90 Å². The highest BCUT2D eigenvalue weighted by Crippen LogP contribution is 2.28. The fraction of sp³-hybridized carbons (Fsp3) is 0.360. The van der Waals surface area contributed by atoms with E-state index in [1.54, 1.807) is 29.4 Å². The molecular formula is C25H27FN6O5. The summed E-state index contributed by atoms with van der Waals surface area (Å²) in [6.45, 7) is 1.97. The number of hydrogen-bond donors (Lipinski definition) is 3. The van der Waals surface area contributed by atoms with Crippen LogP contribution in [0.1, 0.15) is 6.42 Å². The molecule has 2 aromatic heterocycles. The van der Waals surface area contributed by atoms with Gasteiger partial charge in [0.2, 0.25) is 11.8 Å². The van der Waals surface area contributed by atoms with Gasteiger partial charge in [-0.3, -0.25) is 10.1 Å². The molecule has 2 atom stereocenters. The first-order valence-electron chi connectivity index (χ1n) is 12.0. The lowest BCUT2D eigenvalue weighted by Gasteiger charge is -2.41. The summed E-state index contributed by atoms with van der Waals surface area (Å²) in [7, 11) is 0. The lowest BCUT2D eigenvalue weighted by molar-refractivity contribution is -0.122. The number of rotatable bonds is 10. The average Bonchev–Trinajstić information content (AvgIpc) is 3.24. The number of nitrogens with zero attached hydrogens (tertiary/aromatic N) is 5. The topological polar surface area (TPSA) is 133 Å². The van der Waals surface area contributed by atoms with Crippen molar-refractivity contribution in [1.29, 1.82) is 0 Å². The van der Waals surface area contributed by atoms with Gasteiger partial charge in [-0.15, -0.1) is 0 Å². The molecular weight excluding hydrogens is 483 g/mol. The zero-order valence-corrected chi connectivity index (χ0v) is 19.9. The van der Waals surface area contributed by atoms with Gasteiger partial charge in [-0.1, -0.05) is 0 Å². The molecule has 1 unspecified atom stereocenters. The molecule has 194 valence electrons. The number of anilines is 2. The highest BCUT2D eigenvalue weighted by molar-refractivity contribution is 5.98. The SMILES string of the molecule is O=C1[C@H](Oc2ccc(Oc3ccc(F)cc3)nc2)CCN1c1cnc(N2CC(C(O)NCCO)C2)nc1. The Morgan fingerprint density at radius 2 is 1.78 bits per heavy atom. The van der Waals surface area contributed by atoms with E-state index < -0.39 is 12.3 Å². The molecule has 3 aromatic rings. The van der Waals surface area contributed by atoms with Gasteiger partial charge in [0.25, 0.3) is 5.91 Å². The van der Waals surface area contributed by atoms with Crippen molar-refractivity contribution in [2.24, 2.45) is 5.92 Å². The number of amides is 1. The van der Waals surface area contributed by atoms with Crippen molar-refractivity contribution in [3.8, 4) is 17.4 Å². The highest BCUT2D eigenvalue weighted by atomic mass is 19.1. The van der Waals surface area contributed by atoms with Crippen LogP contribution in [0.5, 0.6) is 17.4 Å². The van der Waals surface area contributed by atoms with E-state index in [0.717, 1.165) is 0 Å². The second-order valence-electron chi connectivity index (χ2n) is 8.80. The largest absolute Gasteiger partial charge is 0.479 e.